The molecular weight excluding hydrogens is 530 g/mol. The Bertz CT molecular complexity index is 1410. The van der Waals surface area contributed by atoms with Gasteiger partial charge in [0.2, 0.25) is 5.88 Å². The Morgan fingerprint density at radius 3 is 2.51 bits per heavy atom. The largest absolute Gasteiger partial charge is 0.493 e. The van der Waals surface area contributed by atoms with Crippen molar-refractivity contribution in [1.29, 1.82) is 0 Å². The SMILES string of the molecule is CC(C)(C)c1ccccc1OCC(=O)N=Nc1c(O)n(Cc2ccc(Cl)cc2)c2ccc(Br)cc12. The van der Waals surface area contributed by atoms with Crippen LogP contribution in [0, 0.1) is 0 Å². The van der Waals surface area contributed by atoms with Crippen molar-refractivity contribution in [3.8, 4) is 11.6 Å². The summed E-state index contributed by atoms with van der Waals surface area (Å²) in [7, 11) is 0. The minimum atomic E-state index is -0.554. The predicted octanol–water partition coefficient (Wildman–Crippen LogP) is 7.80. The molecule has 0 aliphatic rings. The third-order valence-corrected chi connectivity index (χ3v) is 6.28. The summed E-state index contributed by atoms with van der Waals surface area (Å²) in [5, 5.41) is 20.2. The smallest absolute Gasteiger partial charge is 0.302 e. The third-order valence-electron chi connectivity index (χ3n) is 5.53. The topological polar surface area (TPSA) is 76.2 Å². The second-order valence-corrected chi connectivity index (χ2v) is 10.5. The van der Waals surface area contributed by atoms with Crippen LogP contribution < -0.4 is 4.74 Å². The fraction of sp³-hybridized carbons (Fsp3) is 0.222. The molecule has 1 amide bonds. The average molecular weight is 555 g/mol. The van der Waals surface area contributed by atoms with Crippen molar-refractivity contribution >= 4 is 50.0 Å². The number of hydrogen-bond donors (Lipinski definition) is 1. The molecule has 0 saturated carbocycles. The van der Waals surface area contributed by atoms with Crippen LogP contribution in [-0.4, -0.2) is 22.2 Å². The van der Waals surface area contributed by atoms with Crippen LogP contribution >= 0.6 is 27.5 Å². The minimum Gasteiger partial charge on any atom is -0.493 e. The number of azo groups is 1. The van der Waals surface area contributed by atoms with Gasteiger partial charge in [-0.25, -0.2) is 0 Å². The van der Waals surface area contributed by atoms with Gasteiger partial charge in [-0.05, 0) is 52.9 Å². The lowest BCUT2D eigenvalue weighted by atomic mass is 9.86. The van der Waals surface area contributed by atoms with E-state index in [9.17, 15) is 9.90 Å². The highest BCUT2D eigenvalue weighted by atomic mass is 79.9. The van der Waals surface area contributed by atoms with Crippen molar-refractivity contribution in [2.45, 2.75) is 32.7 Å². The van der Waals surface area contributed by atoms with E-state index < -0.39 is 5.91 Å². The normalized spacial score (nSPS) is 11.9. The first-order valence-corrected chi connectivity index (χ1v) is 12.2. The van der Waals surface area contributed by atoms with Crippen LogP contribution in [0.4, 0.5) is 5.69 Å². The monoisotopic (exact) mass is 553 g/mol. The molecule has 4 aromatic rings. The number of halogens is 2. The van der Waals surface area contributed by atoms with E-state index in [1.165, 1.54) is 0 Å². The Labute approximate surface area is 217 Å². The summed E-state index contributed by atoms with van der Waals surface area (Å²) in [5.74, 6) is 0.000187. The fourth-order valence-corrected chi connectivity index (χ4v) is 4.30. The van der Waals surface area contributed by atoms with Crippen molar-refractivity contribution in [2.75, 3.05) is 6.61 Å². The summed E-state index contributed by atoms with van der Waals surface area (Å²) in [6, 6.07) is 20.6. The number of para-hydroxylation sites is 1. The van der Waals surface area contributed by atoms with Crippen LogP contribution in [0.1, 0.15) is 31.9 Å². The first kappa shape index (κ1) is 24.9. The lowest BCUT2D eigenvalue weighted by molar-refractivity contribution is -0.120. The van der Waals surface area contributed by atoms with Crippen molar-refractivity contribution in [1.82, 2.24) is 4.57 Å². The highest BCUT2D eigenvalue weighted by Crippen LogP contribution is 2.40. The van der Waals surface area contributed by atoms with Crippen molar-refractivity contribution < 1.29 is 14.6 Å². The molecule has 0 atom stereocenters. The van der Waals surface area contributed by atoms with Gasteiger partial charge in [-0.3, -0.25) is 4.79 Å². The zero-order valence-electron chi connectivity index (χ0n) is 19.6. The Kier molecular flexibility index (Phi) is 7.28. The number of nitrogens with zero attached hydrogens (tertiary/aromatic N) is 3. The Balaban J connectivity index is 1.59. The number of amides is 1. The molecule has 6 nitrogen and oxygen atoms in total. The van der Waals surface area contributed by atoms with E-state index in [-0.39, 0.29) is 23.6 Å². The second-order valence-electron chi connectivity index (χ2n) is 9.17. The van der Waals surface area contributed by atoms with Crippen molar-refractivity contribution in [3.63, 3.8) is 0 Å². The molecule has 1 heterocycles. The highest BCUT2D eigenvalue weighted by Gasteiger charge is 2.20. The maximum absolute atomic E-state index is 12.5. The van der Waals surface area contributed by atoms with Gasteiger partial charge in [-0.15, -0.1) is 10.2 Å². The zero-order chi connectivity index (χ0) is 25.2. The summed E-state index contributed by atoms with van der Waals surface area (Å²) < 4.78 is 8.30. The van der Waals surface area contributed by atoms with Crippen LogP contribution in [0.25, 0.3) is 10.9 Å². The molecule has 0 radical (unpaired) electrons. The molecule has 0 aliphatic heterocycles. The van der Waals surface area contributed by atoms with Gasteiger partial charge in [0, 0.05) is 14.9 Å². The van der Waals surface area contributed by atoms with Gasteiger partial charge in [0.05, 0.1) is 12.1 Å². The molecule has 0 bridgehead atoms. The summed E-state index contributed by atoms with van der Waals surface area (Å²) in [5.41, 5.74) is 2.80. The molecule has 0 aliphatic carbocycles. The van der Waals surface area contributed by atoms with E-state index >= 15 is 0 Å². The number of carbonyl (C=O) groups is 1. The number of ether oxygens (including phenoxy) is 1. The van der Waals surface area contributed by atoms with E-state index in [1.54, 1.807) is 16.7 Å². The number of aromatic nitrogens is 1. The first-order valence-electron chi connectivity index (χ1n) is 11.1. The number of carbonyl (C=O) groups excluding carboxylic acids is 1. The molecule has 1 aromatic heterocycles. The first-order chi connectivity index (χ1) is 16.6. The molecule has 8 heteroatoms. The fourth-order valence-electron chi connectivity index (χ4n) is 3.81. The number of benzene rings is 3. The zero-order valence-corrected chi connectivity index (χ0v) is 22.0. The van der Waals surface area contributed by atoms with Crippen LogP contribution in [0.15, 0.2) is 81.4 Å². The Hall–Kier alpha value is -3.16. The summed E-state index contributed by atoms with van der Waals surface area (Å²) in [6.45, 7) is 6.38. The number of aromatic hydroxyl groups is 1. The van der Waals surface area contributed by atoms with Gasteiger partial charge in [0.15, 0.2) is 12.3 Å². The summed E-state index contributed by atoms with van der Waals surface area (Å²) in [6.07, 6.45) is 0. The lowest BCUT2D eigenvalue weighted by Crippen LogP contribution is -2.15. The van der Waals surface area contributed by atoms with E-state index in [0.29, 0.717) is 22.7 Å². The van der Waals surface area contributed by atoms with Gasteiger partial charge in [0.25, 0.3) is 0 Å². The van der Waals surface area contributed by atoms with Gasteiger partial charge in [-0.1, -0.05) is 78.6 Å². The van der Waals surface area contributed by atoms with Gasteiger partial charge in [0.1, 0.15) is 5.75 Å². The summed E-state index contributed by atoms with van der Waals surface area (Å²) in [4.78, 5) is 12.5. The van der Waals surface area contributed by atoms with Crippen LogP contribution in [0.3, 0.4) is 0 Å². The van der Waals surface area contributed by atoms with E-state index in [1.807, 2.05) is 54.6 Å². The molecule has 3 aromatic carbocycles. The van der Waals surface area contributed by atoms with Crippen molar-refractivity contribution in [2.24, 2.45) is 10.2 Å². The Morgan fingerprint density at radius 2 is 1.80 bits per heavy atom. The van der Waals surface area contributed by atoms with E-state index in [0.717, 1.165) is 21.1 Å². The van der Waals surface area contributed by atoms with Crippen LogP contribution in [0.5, 0.6) is 11.6 Å². The molecule has 0 fully saturated rings. The van der Waals surface area contributed by atoms with Crippen LogP contribution in [0.2, 0.25) is 5.02 Å². The number of rotatable bonds is 6. The molecule has 1 N–H and O–H groups in total. The Morgan fingerprint density at radius 1 is 1.09 bits per heavy atom. The molecule has 0 saturated heterocycles. The standard InChI is InChI=1S/C27H25BrClN3O3/c1-27(2,3)21-6-4-5-7-23(21)35-16-24(33)30-31-25-20-14-18(28)10-13-22(20)32(26(25)34)15-17-8-11-19(29)12-9-17/h4-14,34H,15-16H2,1-3H3. The second kappa shape index (κ2) is 10.2. The number of fused-ring (bicyclic) bond motifs is 1. The molecule has 4 rings (SSSR count). The molecule has 180 valence electrons. The molecular formula is C27H25BrClN3O3. The quantitative estimate of drug-likeness (QED) is 0.247. The van der Waals surface area contributed by atoms with E-state index in [4.69, 9.17) is 16.3 Å². The maximum Gasteiger partial charge on any atom is 0.302 e. The lowest BCUT2D eigenvalue weighted by Gasteiger charge is -2.22. The molecule has 35 heavy (non-hydrogen) atoms. The van der Waals surface area contributed by atoms with Gasteiger partial charge >= 0.3 is 5.91 Å². The van der Waals surface area contributed by atoms with Crippen LogP contribution in [-0.2, 0) is 16.8 Å². The number of hydrogen-bond acceptors (Lipinski definition) is 4. The van der Waals surface area contributed by atoms with Crippen molar-refractivity contribution in [3.05, 3.63) is 87.4 Å². The summed E-state index contributed by atoms with van der Waals surface area (Å²) >= 11 is 9.46. The third kappa shape index (κ3) is 5.74. The maximum atomic E-state index is 12.5. The van der Waals surface area contributed by atoms with Gasteiger partial charge in [-0.2, -0.15) is 0 Å². The predicted molar refractivity (Wildman–Crippen MR) is 142 cm³/mol. The highest BCUT2D eigenvalue weighted by molar-refractivity contribution is 9.10. The average Bonchev–Trinajstić information content (AvgIpc) is 3.07. The minimum absolute atomic E-state index is 0.0800. The molecule has 0 spiro atoms. The van der Waals surface area contributed by atoms with E-state index in [2.05, 4.69) is 46.9 Å². The van der Waals surface area contributed by atoms with Gasteiger partial charge < -0.3 is 14.4 Å². The molecule has 0 unspecified atom stereocenters.